The number of fused-ring (bicyclic) bond motifs is 4. The average molecular weight is 397 g/mol. The summed E-state index contributed by atoms with van der Waals surface area (Å²) in [5.41, 5.74) is 5.23. The molecule has 0 aliphatic carbocycles. The lowest BCUT2D eigenvalue weighted by atomic mass is 9.85. The summed E-state index contributed by atoms with van der Waals surface area (Å²) in [6.45, 7) is 2.07. The van der Waals surface area contributed by atoms with Crippen LogP contribution in [0.5, 0.6) is 0 Å². The number of para-hydroxylation sites is 1. The van der Waals surface area contributed by atoms with Gasteiger partial charge in [-0.2, -0.15) is 0 Å². The highest BCUT2D eigenvalue weighted by Gasteiger charge is 2.36. The number of hydrogen-bond donors (Lipinski definition) is 2. The van der Waals surface area contributed by atoms with Crippen LogP contribution < -0.4 is 18.6 Å². The van der Waals surface area contributed by atoms with Gasteiger partial charge in [-0.3, -0.25) is 4.79 Å². The average Bonchev–Trinajstić information content (AvgIpc) is 2.98. The van der Waals surface area contributed by atoms with Gasteiger partial charge in [0.1, 0.15) is 18.8 Å². The molecule has 9 heteroatoms. The van der Waals surface area contributed by atoms with Crippen LogP contribution in [-0.2, 0) is 4.79 Å². The van der Waals surface area contributed by atoms with E-state index in [0.717, 1.165) is 19.5 Å². The van der Waals surface area contributed by atoms with Crippen molar-refractivity contribution in [2.45, 2.75) is 38.0 Å². The molecular weight excluding hydrogens is 376 g/mol. The lowest BCUT2D eigenvalue weighted by Gasteiger charge is -2.25. The van der Waals surface area contributed by atoms with Gasteiger partial charge in [0.25, 0.3) is 0 Å². The predicted molar refractivity (Wildman–Crippen MR) is 85.9 cm³/mol. The first-order chi connectivity index (χ1) is 12.7. The van der Waals surface area contributed by atoms with Crippen molar-refractivity contribution in [1.82, 2.24) is 4.98 Å². The number of hydrogen-bond acceptors (Lipinski definition) is 5. The van der Waals surface area contributed by atoms with Gasteiger partial charge in [-0.1, -0.05) is 18.2 Å². The van der Waals surface area contributed by atoms with Gasteiger partial charge in [-0.05, 0) is 18.9 Å². The number of aliphatic carboxylic acids is 1. The van der Waals surface area contributed by atoms with Gasteiger partial charge >= 0.3 is 5.97 Å². The Hall–Kier alpha value is -1.97. The fraction of sp³-hybridized carbons (Fsp3) is 0.444. The van der Waals surface area contributed by atoms with Crippen LogP contribution in [0.25, 0.3) is 10.9 Å². The highest BCUT2D eigenvalue weighted by Crippen LogP contribution is 2.37. The maximum Gasteiger partial charge on any atom is 0.303 e. The van der Waals surface area contributed by atoms with E-state index in [0.29, 0.717) is 12.3 Å². The topological polar surface area (TPSA) is 148 Å². The van der Waals surface area contributed by atoms with Crippen molar-refractivity contribution in [3.63, 3.8) is 0 Å². The minimum Gasteiger partial charge on any atom is -0.481 e. The second-order valence-corrected chi connectivity index (χ2v) is 7.57. The number of nitrogens with zero attached hydrogens (tertiary/aromatic N) is 1. The van der Waals surface area contributed by atoms with E-state index in [2.05, 4.69) is 33.8 Å². The first-order valence-corrected chi connectivity index (χ1v) is 10.0. The van der Waals surface area contributed by atoms with Crippen LogP contribution in [0.3, 0.4) is 0 Å². The molecule has 4 rings (SSSR count). The molecule has 0 fully saturated rings. The van der Waals surface area contributed by atoms with E-state index in [-0.39, 0.29) is 6.42 Å². The van der Waals surface area contributed by atoms with Gasteiger partial charge in [-0.15, -0.1) is 10.2 Å². The van der Waals surface area contributed by atoms with E-state index in [1.54, 1.807) is 0 Å². The number of H-pyrrole nitrogens is 1. The predicted octanol–water partition coefficient (Wildman–Crippen LogP) is -1.64. The molecule has 0 saturated carbocycles. The SMILES string of the molecule is O=C(O)CCC1C[N+]2=C(CCCC2)c2[nH]c3ccccc3c21.[O-][Cl+3]([O-])([O-])[O-]. The van der Waals surface area contributed by atoms with Crippen molar-refractivity contribution >= 4 is 22.6 Å². The summed E-state index contributed by atoms with van der Waals surface area (Å²) in [5, 5.41) is 10.3. The lowest BCUT2D eigenvalue weighted by molar-refractivity contribution is -2.00. The van der Waals surface area contributed by atoms with E-state index in [4.69, 9.17) is 23.7 Å². The third-order valence-corrected chi connectivity index (χ3v) is 5.06. The standard InChI is InChI=1S/C18H20N2O2.ClHO4/c21-16(22)9-8-12-11-20-10-4-3-7-15(20)18-17(12)13-5-1-2-6-14(13)19-18;2-1(3,4)5/h1-2,5-6,12H,3-4,7-11H2,(H,21,22);(H,2,3,4,5). The Morgan fingerprint density at radius 2 is 1.93 bits per heavy atom. The third-order valence-electron chi connectivity index (χ3n) is 5.06. The molecule has 2 N–H and O–H groups in total. The van der Waals surface area contributed by atoms with Crippen LogP contribution in [0.2, 0.25) is 0 Å². The van der Waals surface area contributed by atoms with Crippen LogP contribution in [0.4, 0.5) is 0 Å². The van der Waals surface area contributed by atoms with Crippen molar-refractivity contribution in [3.05, 3.63) is 35.5 Å². The van der Waals surface area contributed by atoms with E-state index in [9.17, 15) is 4.79 Å². The Bertz CT molecular complexity index is 864. The molecule has 0 saturated heterocycles. The second kappa shape index (κ2) is 7.95. The van der Waals surface area contributed by atoms with E-state index >= 15 is 0 Å². The molecule has 3 heterocycles. The quantitative estimate of drug-likeness (QED) is 0.594. The monoisotopic (exact) mass is 396 g/mol. The van der Waals surface area contributed by atoms with Crippen molar-refractivity contribution in [2.75, 3.05) is 13.1 Å². The minimum absolute atomic E-state index is 0.243. The Balaban J connectivity index is 0.000000376. The molecule has 0 radical (unpaired) electrons. The Morgan fingerprint density at radius 3 is 2.63 bits per heavy atom. The number of rotatable bonds is 3. The molecule has 0 amide bonds. The van der Waals surface area contributed by atoms with Crippen LogP contribution in [0.15, 0.2) is 24.3 Å². The molecule has 27 heavy (non-hydrogen) atoms. The first kappa shape index (κ1) is 19.8. The minimum atomic E-state index is -4.94. The molecule has 146 valence electrons. The molecule has 2 aromatic rings. The van der Waals surface area contributed by atoms with Gasteiger partial charge in [0.15, 0.2) is 5.71 Å². The molecule has 1 aromatic carbocycles. The van der Waals surface area contributed by atoms with Gasteiger partial charge in [-0.25, -0.2) is 23.2 Å². The Labute approximate surface area is 158 Å². The highest BCUT2D eigenvalue weighted by molar-refractivity contribution is 6.03. The second-order valence-electron chi connectivity index (χ2n) is 6.82. The van der Waals surface area contributed by atoms with Gasteiger partial charge in [0.05, 0.1) is 0 Å². The van der Waals surface area contributed by atoms with E-state index < -0.39 is 16.2 Å². The number of carbonyl (C=O) groups is 1. The first-order valence-electron chi connectivity index (χ1n) is 8.79. The molecule has 1 aromatic heterocycles. The number of carboxylic acid groups (broad SMARTS) is 1. The molecule has 2 aliphatic rings. The summed E-state index contributed by atoms with van der Waals surface area (Å²) in [6.07, 6.45) is 4.58. The van der Waals surface area contributed by atoms with E-state index in [1.165, 1.54) is 40.7 Å². The molecule has 1 atom stereocenters. The number of nitrogens with one attached hydrogen (secondary N) is 1. The Morgan fingerprint density at radius 1 is 1.22 bits per heavy atom. The third kappa shape index (κ3) is 4.85. The smallest absolute Gasteiger partial charge is 0.303 e. The zero-order valence-electron chi connectivity index (χ0n) is 14.7. The van der Waals surface area contributed by atoms with Crippen LogP contribution >= 0.6 is 0 Å². The number of halogens is 1. The normalized spacial score (nSPS) is 19.2. The summed E-state index contributed by atoms with van der Waals surface area (Å²) in [7, 11) is -4.94. The van der Waals surface area contributed by atoms with Gasteiger partial charge in [0.2, 0.25) is 0 Å². The number of benzene rings is 1. The van der Waals surface area contributed by atoms with Crippen molar-refractivity contribution in [1.29, 1.82) is 0 Å². The maximum atomic E-state index is 11.0. The van der Waals surface area contributed by atoms with Crippen LogP contribution in [0, 0.1) is 10.2 Å². The highest BCUT2D eigenvalue weighted by atomic mass is 35.7. The van der Waals surface area contributed by atoms with E-state index in [1.807, 2.05) is 0 Å². The summed E-state index contributed by atoms with van der Waals surface area (Å²) in [6, 6.07) is 8.41. The van der Waals surface area contributed by atoms with Gasteiger partial charge < -0.3 is 10.1 Å². The number of aromatic nitrogens is 1. The largest absolute Gasteiger partial charge is 0.481 e. The zero-order chi connectivity index (χ0) is 19.6. The maximum absolute atomic E-state index is 11.0. The summed E-state index contributed by atoms with van der Waals surface area (Å²) in [5.74, 6) is -0.390. The summed E-state index contributed by atoms with van der Waals surface area (Å²) in [4.78, 5) is 14.6. The fourth-order valence-electron chi connectivity index (χ4n) is 4.08. The number of carboxylic acids is 1. The molecule has 2 aliphatic heterocycles. The Kier molecular flexibility index (Phi) is 5.83. The van der Waals surface area contributed by atoms with Crippen molar-refractivity contribution in [3.8, 4) is 0 Å². The number of aromatic amines is 1. The summed E-state index contributed by atoms with van der Waals surface area (Å²) >= 11 is 0. The van der Waals surface area contributed by atoms with Crippen LogP contribution in [-0.4, -0.2) is 39.4 Å². The molecular formula is C18H21ClN2O6. The molecule has 8 nitrogen and oxygen atoms in total. The van der Waals surface area contributed by atoms with Gasteiger partial charge in [0, 0.05) is 41.6 Å². The van der Waals surface area contributed by atoms with Crippen molar-refractivity contribution in [2.24, 2.45) is 0 Å². The van der Waals surface area contributed by atoms with Crippen molar-refractivity contribution < 1.29 is 43.4 Å². The fourth-order valence-corrected chi connectivity index (χ4v) is 4.08. The molecule has 0 bridgehead atoms. The molecule has 0 spiro atoms. The van der Waals surface area contributed by atoms with Crippen LogP contribution in [0.1, 0.15) is 49.3 Å². The zero-order valence-corrected chi connectivity index (χ0v) is 15.4. The molecule has 1 unspecified atom stereocenters. The lowest BCUT2D eigenvalue weighted by Crippen LogP contribution is -2.68. The summed E-state index contributed by atoms with van der Waals surface area (Å²) < 4.78 is 36.5.